The van der Waals surface area contributed by atoms with Crippen LogP contribution in [0.25, 0.3) is 0 Å². The highest BCUT2D eigenvalue weighted by Gasteiger charge is 2.37. The van der Waals surface area contributed by atoms with Crippen molar-refractivity contribution in [1.29, 1.82) is 0 Å². The lowest BCUT2D eigenvalue weighted by molar-refractivity contribution is 0.242. The number of rotatable bonds is 5. The van der Waals surface area contributed by atoms with Gasteiger partial charge in [0, 0.05) is 32.2 Å². The van der Waals surface area contributed by atoms with E-state index in [4.69, 9.17) is 0 Å². The van der Waals surface area contributed by atoms with Gasteiger partial charge < -0.3 is 5.32 Å². The van der Waals surface area contributed by atoms with E-state index >= 15 is 0 Å². The van der Waals surface area contributed by atoms with Crippen LogP contribution in [0.1, 0.15) is 39.5 Å². The largest absolute Gasteiger partial charge is 0.315 e. The maximum absolute atomic E-state index is 12.8. The van der Waals surface area contributed by atoms with Gasteiger partial charge in [-0.3, -0.25) is 0 Å². The molecule has 0 amide bonds. The van der Waals surface area contributed by atoms with Crippen molar-refractivity contribution in [1.82, 2.24) is 13.9 Å². The van der Waals surface area contributed by atoms with Gasteiger partial charge in [0.1, 0.15) is 0 Å². The van der Waals surface area contributed by atoms with Crippen LogP contribution in [0.2, 0.25) is 0 Å². The Morgan fingerprint density at radius 1 is 1.35 bits per heavy atom. The molecule has 2 unspecified atom stereocenters. The van der Waals surface area contributed by atoms with Crippen LogP contribution in [0, 0.1) is 5.92 Å². The van der Waals surface area contributed by atoms with E-state index in [9.17, 15) is 8.42 Å². The zero-order valence-electron chi connectivity index (χ0n) is 12.5. The predicted molar refractivity (Wildman–Crippen MR) is 84.4 cm³/mol. The van der Waals surface area contributed by atoms with Crippen LogP contribution in [0.3, 0.4) is 0 Å². The summed E-state index contributed by atoms with van der Waals surface area (Å²) in [6, 6.07) is 0.141. The standard InChI is InChI=1S/C13H27N3O2S.ClH/c1-3-8-16(13-6-7-14-10-13)19(17,18)15-9-4-5-12(2)11-15;/h12-14H,3-11H2,1-2H3;1H. The lowest BCUT2D eigenvalue weighted by atomic mass is 10.0. The Morgan fingerprint density at radius 2 is 2.10 bits per heavy atom. The quantitative estimate of drug-likeness (QED) is 0.832. The van der Waals surface area contributed by atoms with Crippen molar-refractivity contribution >= 4 is 22.6 Å². The minimum Gasteiger partial charge on any atom is -0.315 e. The van der Waals surface area contributed by atoms with E-state index < -0.39 is 10.2 Å². The third-order valence-electron chi connectivity index (χ3n) is 4.13. The highest BCUT2D eigenvalue weighted by Crippen LogP contribution is 2.23. The van der Waals surface area contributed by atoms with Crippen molar-refractivity contribution in [3.8, 4) is 0 Å². The van der Waals surface area contributed by atoms with Crippen LogP contribution < -0.4 is 5.32 Å². The second-order valence-corrected chi connectivity index (χ2v) is 7.75. The number of nitrogens with one attached hydrogen (secondary N) is 1. The molecule has 7 heteroatoms. The Labute approximate surface area is 129 Å². The van der Waals surface area contributed by atoms with Gasteiger partial charge in [0.2, 0.25) is 0 Å². The summed E-state index contributed by atoms with van der Waals surface area (Å²) in [6.07, 6.45) is 3.94. The highest BCUT2D eigenvalue weighted by molar-refractivity contribution is 7.86. The molecular weight excluding hydrogens is 298 g/mol. The van der Waals surface area contributed by atoms with Crippen LogP contribution in [0.15, 0.2) is 0 Å². The summed E-state index contributed by atoms with van der Waals surface area (Å²) in [5.41, 5.74) is 0. The smallest absolute Gasteiger partial charge is 0.282 e. The van der Waals surface area contributed by atoms with Crippen LogP contribution in [-0.4, -0.2) is 55.8 Å². The van der Waals surface area contributed by atoms with Crippen molar-refractivity contribution in [3.05, 3.63) is 0 Å². The lowest BCUT2D eigenvalue weighted by Gasteiger charge is -2.36. The van der Waals surface area contributed by atoms with E-state index in [2.05, 4.69) is 12.2 Å². The average molecular weight is 326 g/mol. The van der Waals surface area contributed by atoms with Gasteiger partial charge in [-0.2, -0.15) is 17.0 Å². The van der Waals surface area contributed by atoms with Gasteiger partial charge in [0.05, 0.1) is 0 Å². The van der Waals surface area contributed by atoms with Gasteiger partial charge in [-0.25, -0.2) is 0 Å². The number of halogens is 1. The molecule has 0 aromatic carbocycles. The van der Waals surface area contributed by atoms with Crippen molar-refractivity contribution in [2.75, 3.05) is 32.7 Å². The second-order valence-electron chi connectivity index (χ2n) is 5.87. The van der Waals surface area contributed by atoms with E-state index in [1.165, 1.54) is 0 Å². The zero-order valence-corrected chi connectivity index (χ0v) is 14.2. The Hall–Kier alpha value is 0.120. The molecule has 2 rings (SSSR count). The van der Waals surface area contributed by atoms with E-state index in [1.807, 2.05) is 6.92 Å². The topological polar surface area (TPSA) is 52.7 Å². The molecular formula is C13H28ClN3O2S. The Balaban J connectivity index is 0.00000200. The van der Waals surface area contributed by atoms with Crippen LogP contribution in [-0.2, 0) is 10.2 Å². The molecule has 0 radical (unpaired) electrons. The van der Waals surface area contributed by atoms with Gasteiger partial charge in [0.15, 0.2) is 0 Å². The molecule has 2 atom stereocenters. The molecule has 2 saturated heterocycles. The van der Waals surface area contributed by atoms with Gasteiger partial charge in [-0.05, 0) is 38.1 Å². The fraction of sp³-hybridized carbons (Fsp3) is 1.00. The summed E-state index contributed by atoms with van der Waals surface area (Å²) in [4.78, 5) is 0. The van der Waals surface area contributed by atoms with Crippen LogP contribution in [0.5, 0.6) is 0 Å². The molecule has 1 N–H and O–H groups in total. The first kappa shape index (κ1) is 18.2. The SMILES string of the molecule is CCCN(C1CCNC1)S(=O)(=O)N1CCCC(C)C1.Cl. The first-order valence-corrected chi connectivity index (χ1v) is 8.93. The summed E-state index contributed by atoms with van der Waals surface area (Å²) in [6.45, 7) is 7.92. The number of nitrogens with zero attached hydrogens (tertiary/aromatic N) is 2. The summed E-state index contributed by atoms with van der Waals surface area (Å²) >= 11 is 0. The molecule has 2 fully saturated rings. The third kappa shape index (κ3) is 4.07. The van der Waals surface area contributed by atoms with Gasteiger partial charge in [0.25, 0.3) is 10.2 Å². The first-order chi connectivity index (χ1) is 9.05. The van der Waals surface area contributed by atoms with Crippen molar-refractivity contribution in [2.45, 2.75) is 45.6 Å². The Morgan fingerprint density at radius 3 is 2.65 bits per heavy atom. The van der Waals surface area contributed by atoms with Gasteiger partial charge >= 0.3 is 0 Å². The highest BCUT2D eigenvalue weighted by atomic mass is 35.5. The van der Waals surface area contributed by atoms with Crippen LogP contribution >= 0.6 is 12.4 Å². The number of piperidine rings is 1. The van der Waals surface area contributed by atoms with Gasteiger partial charge in [-0.15, -0.1) is 12.4 Å². The zero-order chi connectivity index (χ0) is 13.9. The minimum atomic E-state index is -3.28. The molecule has 2 aliphatic heterocycles. The molecule has 120 valence electrons. The average Bonchev–Trinajstić information content (AvgIpc) is 2.89. The molecule has 0 aliphatic carbocycles. The molecule has 0 saturated carbocycles. The van der Waals surface area contributed by atoms with E-state index in [0.717, 1.165) is 38.8 Å². The fourth-order valence-electron chi connectivity index (χ4n) is 3.10. The molecule has 2 aliphatic rings. The van der Waals surface area contributed by atoms with Crippen LogP contribution in [0.4, 0.5) is 0 Å². The minimum absolute atomic E-state index is 0. The molecule has 0 spiro atoms. The molecule has 2 heterocycles. The lowest BCUT2D eigenvalue weighted by Crippen LogP contribution is -2.52. The Kier molecular flexibility index (Phi) is 7.21. The first-order valence-electron chi connectivity index (χ1n) is 7.53. The fourth-order valence-corrected chi connectivity index (χ4v) is 5.17. The van der Waals surface area contributed by atoms with Crippen molar-refractivity contribution in [2.24, 2.45) is 5.92 Å². The summed E-state index contributed by atoms with van der Waals surface area (Å²) in [5.74, 6) is 0.480. The summed E-state index contributed by atoms with van der Waals surface area (Å²) in [5, 5.41) is 3.27. The monoisotopic (exact) mass is 325 g/mol. The molecule has 0 aromatic rings. The predicted octanol–water partition coefficient (Wildman–Crippen LogP) is 1.46. The second kappa shape index (κ2) is 7.94. The normalized spacial score (nSPS) is 28.6. The van der Waals surface area contributed by atoms with Gasteiger partial charge in [-0.1, -0.05) is 13.8 Å². The van der Waals surface area contributed by atoms with E-state index in [0.29, 0.717) is 25.6 Å². The maximum Gasteiger partial charge on any atom is 0.282 e. The number of hydrogen-bond donors (Lipinski definition) is 1. The molecule has 5 nitrogen and oxygen atoms in total. The molecule has 0 aromatic heterocycles. The molecule has 0 bridgehead atoms. The van der Waals surface area contributed by atoms with E-state index in [1.54, 1.807) is 8.61 Å². The maximum atomic E-state index is 12.8. The molecule has 20 heavy (non-hydrogen) atoms. The summed E-state index contributed by atoms with van der Waals surface area (Å²) in [7, 11) is -3.28. The Bertz CT molecular complexity index is 385. The number of hydrogen-bond acceptors (Lipinski definition) is 3. The summed E-state index contributed by atoms with van der Waals surface area (Å²) < 4.78 is 29.1. The van der Waals surface area contributed by atoms with Crippen molar-refractivity contribution < 1.29 is 8.42 Å². The third-order valence-corrected chi connectivity index (χ3v) is 6.19. The van der Waals surface area contributed by atoms with Crippen molar-refractivity contribution in [3.63, 3.8) is 0 Å². The van der Waals surface area contributed by atoms with E-state index in [-0.39, 0.29) is 18.4 Å².